The van der Waals surface area contributed by atoms with E-state index in [0.29, 0.717) is 11.9 Å². The lowest BCUT2D eigenvalue weighted by atomic mass is 10.0. The van der Waals surface area contributed by atoms with Crippen LogP contribution in [0, 0.1) is 6.92 Å². The number of hydrogen-bond donors (Lipinski definition) is 1. The van der Waals surface area contributed by atoms with Crippen molar-refractivity contribution in [2.24, 2.45) is 0 Å². The number of ether oxygens (including phenoxy) is 1. The summed E-state index contributed by atoms with van der Waals surface area (Å²) in [6, 6.07) is 4.09. The Morgan fingerprint density at radius 3 is 2.83 bits per heavy atom. The van der Waals surface area contributed by atoms with E-state index in [1.807, 2.05) is 23.3 Å². The highest BCUT2D eigenvalue weighted by atomic mass is 32.1. The van der Waals surface area contributed by atoms with Crippen molar-refractivity contribution < 1.29 is 9.53 Å². The molecule has 0 radical (unpaired) electrons. The molecule has 2 aromatic rings. The molecule has 1 amide bonds. The number of hydrogen-bond acceptors (Lipinski definition) is 6. The molecule has 23 heavy (non-hydrogen) atoms. The summed E-state index contributed by atoms with van der Waals surface area (Å²) < 4.78 is 5.10. The second-order valence-electron chi connectivity index (χ2n) is 5.59. The topological polar surface area (TPSA) is 67.3 Å². The van der Waals surface area contributed by atoms with E-state index in [1.54, 1.807) is 13.2 Å². The molecule has 1 saturated heterocycles. The van der Waals surface area contributed by atoms with Gasteiger partial charge in [-0.05, 0) is 36.8 Å². The first kappa shape index (κ1) is 15.7. The smallest absolute Gasteiger partial charge is 0.264 e. The fourth-order valence-electron chi connectivity index (χ4n) is 2.70. The molecule has 7 heteroatoms. The molecular weight excluding hydrogens is 312 g/mol. The summed E-state index contributed by atoms with van der Waals surface area (Å²) in [5.74, 6) is 1.46. The molecule has 0 unspecified atom stereocenters. The van der Waals surface area contributed by atoms with Gasteiger partial charge in [-0.15, -0.1) is 11.3 Å². The van der Waals surface area contributed by atoms with Crippen LogP contribution in [0.1, 0.15) is 28.1 Å². The van der Waals surface area contributed by atoms with Crippen LogP contribution in [0.25, 0.3) is 0 Å². The van der Waals surface area contributed by atoms with Crippen LogP contribution in [0.2, 0.25) is 0 Å². The number of methoxy groups -OCH3 is 1. The number of amides is 1. The van der Waals surface area contributed by atoms with Gasteiger partial charge in [0.25, 0.3) is 5.91 Å². The van der Waals surface area contributed by atoms with E-state index in [4.69, 9.17) is 4.74 Å². The van der Waals surface area contributed by atoms with Crippen molar-refractivity contribution in [3.05, 3.63) is 34.3 Å². The molecule has 1 aliphatic heterocycles. The molecule has 2 aromatic heterocycles. The Balaban J connectivity index is 1.56. The van der Waals surface area contributed by atoms with Gasteiger partial charge >= 0.3 is 0 Å². The molecule has 1 N–H and O–H groups in total. The van der Waals surface area contributed by atoms with Crippen LogP contribution < -0.4 is 10.1 Å². The number of rotatable bonds is 4. The second kappa shape index (κ2) is 6.95. The van der Waals surface area contributed by atoms with Crippen molar-refractivity contribution in [2.45, 2.75) is 25.8 Å². The number of anilines is 1. The van der Waals surface area contributed by atoms with E-state index in [1.165, 1.54) is 17.7 Å². The summed E-state index contributed by atoms with van der Waals surface area (Å²) in [5.41, 5.74) is 1.06. The van der Waals surface area contributed by atoms with Crippen LogP contribution in [0.5, 0.6) is 5.88 Å². The number of likely N-dealkylation sites (tertiary alicyclic amines) is 1. The van der Waals surface area contributed by atoms with Gasteiger partial charge in [0.15, 0.2) is 0 Å². The Bertz CT molecular complexity index is 680. The third kappa shape index (κ3) is 3.61. The minimum absolute atomic E-state index is 0.152. The van der Waals surface area contributed by atoms with Crippen molar-refractivity contribution in [2.75, 3.05) is 25.5 Å². The monoisotopic (exact) mass is 332 g/mol. The highest BCUT2D eigenvalue weighted by Gasteiger charge is 2.25. The lowest BCUT2D eigenvalue weighted by molar-refractivity contribution is 0.0722. The molecule has 1 aliphatic rings. The molecule has 3 rings (SSSR count). The summed E-state index contributed by atoms with van der Waals surface area (Å²) in [7, 11) is 1.59. The van der Waals surface area contributed by atoms with Gasteiger partial charge in [0, 0.05) is 25.2 Å². The molecular formula is C16H20N4O2S. The van der Waals surface area contributed by atoms with Crippen LogP contribution in [-0.4, -0.2) is 47.0 Å². The molecule has 0 atom stereocenters. The van der Waals surface area contributed by atoms with Crippen LogP contribution in [0.3, 0.4) is 0 Å². The van der Waals surface area contributed by atoms with Crippen LogP contribution >= 0.6 is 11.3 Å². The number of thiophene rings is 1. The van der Waals surface area contributed by atoms with Gasteiger partial charge in [-0.3, -0.25) is 4.79 Å². The summed E-state index contributed by atoms with van der Waals surface area (Å²) in [5, 5.41) is 5.37. The normalized spacial score (nSPS) is 15.5. The van der Waals surface area contributed by atoms with Crippen LogP contribution in [0.15, 0.2) is 23.8 Å². The maximum atomic E-state index is 12.5. The summed E-state index contributed by atoms with van der Waals surface area (Å²) in [6.45, 7) is 3.51. The zero-order valence-electron chi connectivity index (χ0n) is 13.3. The molecule has 1 fully saturated rings. The summed E-state index contributed by atoms with van der Waals surface area (Å²) in [6.07, 6.45) is 3.30. The van der Waals surface area contributed by atoms with Gasteiger partial charge in [-0.25, -0.2) is 9.97 Å². The molecule has 0 saturated carbocycles. The maximum absolute atomic E-state index is 12.5. The number of piperidine rings is 1. The Morgan fingerprint density at radius 2 is 2.17 bits per heavy atom. The minimum atomic E-state index is 0.152. The first-order valence-corrected chi connectivity index (χ1v) is 8.51. The molecule has 0 bridgehead atoms. The van der Waals surface area contributed by atoms with Crippen LogP contribution in [0.4, 0.5) is 5.82 Å². The fourth-order valence-corrected chi connectivity index (χ4v) is 3.59. The first-order chi connectivity index (χ1) is 11.2. The SMILES string of the molecule is COc1cc(NC2CCN(C(=O)c3sccc3C)CC2)ncn1. The number of carbonyl (C=O) groups is 1. The highest BCUT2D eigenvalue weighted by molar-refractivity contribution is 7.12. The lowest BCUT2D eigenvalue weighted by Gasteiger charge is -2.32. The number of aryl methyl sites for hydroxylation is 1. The molecule has 3 heterocycles. The quantitative estimate of drug-likeness (QED) is 0.932. The van der Waals surface area contributed by atoms with Gasteiger partial charge in [0.1, 0.15) is 12.1 Å². The first-order valence-electron chi connectivity index (χ1n) is 7.63. The average molecular weight is 332 g/mol. The Kier molecular flexibility index (Phi) is 4.76. The van der Waals surface area contributed by atoms with E-state index >= 15 is 0 Å². The predicted octanol–water partition coefficient (Wildman–Crippen LogP) is 2.57. The zero-order chi connectivity index (χ0) is 16.2. The number of nitrogens with one attached hydrogen (secondary N) is 1. The summed E-state index contributed by atoms with van der Waals surface area (Å²) >= 11 is 1.52. The standard InChI is InChI=1S/C16H20N4O2S/c1-11-5-8-23-15(11)16(21)20-6-3-12(4-7-20)19-13-9-14(22-2)18-10-17-13/h5,8-10,12H,3-4,6-7H2,1-2H3,(H,17,18,19). The number of carbonyl (C=O) groups excluding carboxylic acids is 1. The van der Waals surface area contributed by atoms with Gasteiger partial charge in [0.05, 0.1) is 12.0 Å². The van der Waals surface area contributed by atoms with Gasteiger partial charge < -0.3 is 15.0 Å². The van der Waals surface area contributed by atoms with Crippen LogP contribution in [-0.2, 0) is 0 Å². The number of aromatic nitrogens is 2. The molecule has 0 aliphatic carbocycles. The molecule has 6 nitrogen and oxygen atoms in total. The Hall–Kier alpha value is -2.15. The lowest BCUT2D eigenvalue weighted by Crippen LogP contribution is -2.42. The van der Waals surface area contributed by atoms with Gasteiger partial charge in [-0.2, -0.15) is 0 Å². The van der Waals surface area contributed by atoms with Gasteiger partial charge in [0.2, 0.25) is 5.88 Å². The molecule has 122 valence electrons. The van der Waals surface area contributed by atoms with Gasteiger partial charge in [-0.1, -0.05) is 0 Å². The van der Waals surface area contributed by atoms with Crippen molar-refractivity contribution in [3.8, 4) is 5.88 Å². The van der Waals surface area contributed by atoms with Crippen molar-refractivity contribution in [3.63, 3.8) is 0 Å². The van der Waals surface area contributed by atoms with E-state index < -0.39 is 0 Å². The third-order valence-electron chi connectivity index (χ3n) is 4.04. The minimum Gasteiger partial charge on any atom is -0.481 e. The average Bonchev–Trinajstić information content (AvgIpc) is 3.01. The number of nitrogens with zero attached hydrogens (tertiary/aromatic N) is 3. The molecule has 0 aromatic carbocycles. The van der Waals surface area contributed by atoms with E-state index in [0.717, 1.165) is 42.2 Å². The highest BCUT2D eigenvalue weighted by Crippen LogP contribution is 2.22. The van der Waals surface area contributed by atoms with E-state index in [-0.39, 0.29) is 5.91 Å². The fraction of sp³-hybridized carbons (Fsp3) is 0.438. The van der Waals surface area contributed by atoms with Crippen molar-refractivity contribution in [1.29, 1.82) is 0 Å². The third-order valence-corrected chi connectivity index (χ3v) is 5.05. The van der Waals surface area contributed by atoms with E-state index in [2.05, 4.69) is 15.3 Å². The Labute approximate surface area is 139 Å². The summed E-state index contributed by atoms with van der Waals surface area (Å²) in [4.78, 5) is 23.5. The Morgan fingerprint density at radius 1 is 1.39 bits per heavy atom. The van der Waals surface area contributed by atoms with Crippen molar-refractivity contribution in [1.82, 2.24) is 14.9 Å². The largest absolute Gasteiger partial charge is 0.481 e. The molecule has 0 spiro atoms. The van der Waals surface area contributed by atoms with Crippen molar-refractivity contribution >= 4 is 23.1 Å². The van der Waals surface area contributed by atoms with E-state index in [9.17, 15) is 4.79 Å². The predicted molar refractivity (Wildman–Crippen MR) is 90.2 cm³/mol. The maximum Gasteiger partial charge on any atom is 0.264 e. The second-order valence-corrected chi connectivity index (χ2v) is 6.51. The zero-order valence-corrected chi connectivity index (χ0v) is 14.1.